The van der Waals surface area contributed by atoms with Gasteiger partial charge in [-0.1, -0.05) is 95.8 Å². The van der Waals surface area contributed by atoms with Crippen LogP contribution in [0.4, 0.5) is 0 Å². The van der Waals surface area contributed by atoms with Crippen LogP contribution < -0.4 is 5.32 Å². The van der Waals surface area contributed by atoms with Crippen LogP contribution in [-0.2, 0) is 28.7 Å². The van der Waals surface area contributed by atoms with Crippen molar-refractivity contribution in [2.75, 3.05) is 108 Å². The van der Waals surface area contributed by atoms with Gasteiger partial charge in [-0.05, 0) is 53.2 Å². The van der Waals surface area contributed by atoms with Crippen molar-refractivity contribution in [2.24, 2.45) is 38.3 Å². The standard InChI is InChI=1S/C21H25NO2.C9H15N3O.C8H13N3O.C8H15NO.C7H13NO.CH4/c1-16-15-22(2)14-13-21(16)23-19(17-9-5-3-6-10-17)20(24-21)18-11-7-4-8-12-18;1-9-6-11(2)5-4-7(9)10-12(3)8(9)13;1-8-5-9-4-3-6(8)10-11(2)7(8)12;1-8(2)6-9(3)5-4-7(8)10;1-6-5-8(2)4-3-7(6)9;/h3-12,16,19-20H,13-15H2,1-2H3;4-6H2,1-3H3;9H,3-5H2,1-2H3;4-6H2,1-3H3;6H,3-5H2,1-2H3;1H4/t;9-;8-;;;/m.00.../s1. The number of hydrogen-bond donors (Lipinski definition) is 1. The fourth-order valence-electron chi connectivity index (χ4n) is 10.8. The molecule has 6 atom stereocenters. The number of carbonyl (C=O) groups is 4. The first kappa shape index (κ1) is 55.7. The van der Waals surface area contributed by atoms with Crippen LogP contribution in [0.1, 0.15) is 104 Å². The minimum atomic E-state index is -0.479. The number of likely N-dealkylation sites (tertiary alicyclic amines) is 4. The van der Waals surface area contributed by atoms with Gasteiger partial charge >= 0.3 is 0 Å². The highest BCUT2D eigenvalue weighted by Gasteiger charge is 2.53. The van der Waals surface area contributed by atoms with Crippen LogP contribution in [-0.4, -0.2) is 178 Å². The van der Waals surface area contributed by atoms with Gasteiger partial charge in [-0.15, -0.1) is 0 Å². The van der Waals surface area contributed by atoms with Crippen LogP contribution in [0.3, 0.4) is 0 Å². The van der Waals surface area contributed by atoms with E-state index >= 15 is 0 Å². The summed E-state index contributed by atoms with van der Waals surface area (Å²) in [4.78, 5) is 54.5. The number of rotatable bonds is 2. The summed E-state index contributed by atoms with van der Waals surface area (Å²) < 4.78 is 13.3. The quantitative estimate of drug-likeness (QED) is 0.366. The number of carbonyl (C=O) groups excluding carboxylic acids is 4. The van der Waals surface area contributed by atoms with E-state index < -0.39 is 5.79 Å². The van der Waals surface area contributed by atoms with E-state index in [1.807, 2.05) is 53.8 Å². The average Bonchev–Trinajstić information content (AvgIpc) is 3.89. The Bertz CT molecular complexity index is 2090. The minimum absolute atomic E-state index is 0. The molecule has 1 N–H and O–H groups in total. The van der Waals surface area contributed by atoms with E-state index in [2.05, 4.69) is 112 Å². The molecule has 382 valence electrons. The van der Waals surface area contributed by atoms with Crippen molar-refractivity contribution in [1.82, 2.24) is 34.9 Å². The molecule has 1 spiro atoms. The predicted octanol–water partition coefficient (Wildman–Crippen LogP) is 6.23. The number of amides is 2. The Balaban J connectivity index is 0.000000170. The van der Waals surface area contributed by atoms with Crippen LogP contribution in [0.15, 0.2) is 70.9 Å². The van der Waals surface area contributed by atoms with Crippen LogP contribution in [0.25, 0.3) is 0 Å². The van der Waals surface area contributed by atoms with Gasteiger partial charge in [0.2, 0.25) is 0 Å². The molecule has 2 amide bonds. The molecule has 69 heavy (non-hydrogen) atoms. The molecule has 0 radical (unpaired) electrons. The van der Waals surface area contributed by atoms with E-state index in [-0.39, 0.29) is 53.6 Å². The normalized spacial score (nSPS) is 32.3. The fraction of sp³-hybridized carbons (Fsp3) is 0.667. The summed E-state index contributed by atoms with van der Waals surface area (Å²) in [5.74, 6) is 1.21. The molecule has 8 heterocycles. The molecule has 8 aliphatic heterocycles. The molecule has 2 aromatic carbocycles. The van der Waals surface area contributed by atoms with E-state index in [0.29, 0.717) is 17.5 Å². The first-order valence-electron chi connectivity index (χ1n) is 24.8. The molecule has 0 aromatic heterocycles. The fourth-order valence-corrected chi connectivity index (χ4v) is 10.8. The molecular weight excluding hydrogens is 871 g/mol. The Labute approximate surface area is 414 Å². The van der Waals surface area contributed by atoms with Crippen molar-refractivity contribution in [3.63, 3.8) is 0 Å². The molecule has 15 nitrogen and oxygen atoms in total. The molecule has 0 bridgehead atoms. The Morgan fingerprint density at radius 1 is 0.594 bits per heavy atom. The molecule has 4 unspecified atom stereocenters. The molecule has 0 saturated carbocycles. The van der Waals surface area contributed by atoms with Gasteiger partial charge < -0.3 is 34.4 Å². The van der Waals surface area contributed by atoms with Crippen molar-refractivity contribution in [3.05, 3.63) is 71.8 Å². The Morgan fingerprint density at radius 3 is 1.58 bits per heavy atom. The summed E-state index contributed by atoms with van der Waals surface area (Å²) in [6.45, 7) is 21.5. The molecule has 8 aliphatic rings. The van der Waals surface area contributed by atoms with Crippen molar-refractivity contribution in [1.29, 1.82) is 0 Å². The molecule has 10 rings (SSSR count). The SMILES string of the molecule is C.CC1CN(C)CCC12OC(c1ccccc1)C(c1ccccc1)O2.CC1CN(C)CCC1=O.CN1CCC(=O)C(C)(C)C1.CN1CCC2=NN(C)C(=O)[C@@]2(C)C1.CN1N=C2CCNC[C@]2(C)C1=O. The number of ether oxygens (including phenoxy) is 2. The van der Waals surface area contributed by atoms with Crippen LogP contribution in [0.2, 0.25) is 0 Å². The summed E-state index contributed by atoms with van der Waals surface area (Å²) in [6.07, 6.45) is 4.09. The van der Waals surface area contributed by atoms with Crippen LogP contribution >= 0.6 is 0 Å². The number of fused-ring (bicyclic) bond motifs is 2. The van der Waals surface area contributed by atoms with E-state index in [9.17, 15) is 19.2 Å². The number of hydrazone groups is 2. The topological polar surface area (TPSA) is 143 Å². The maximum Gasteiger partial charge on any atom is 0.255 e. The third kappa shape index (κ3) is 13.0. The number of nitrogens with one attached hydrogen (secondary N) is 1. The molecule has 2 aromatic rings. The Kier molecular flexibility index (Phi) is 18.8. The Morgan fingerprint density at radius 2 is 1.09 bits per heavy atom. The highest BCUT2D eigenvalue weighted by atomic mass is 16.8. The number of Topliss-reactive ketones (excluding diaryl/α,β-unsaturated/α-hetero) is 2. The zero-order chi connectivity index (χ0) is 49.6. The zero-order valence-electron chi connectivity index (χ0n) is 43.2. The summed E-state index contributed by atoms with van der Waals surface area (Å²) in [5.41, 5.74) is 3.66. The first-order chi connectivity index (χ1) is 32.1. The highest BCUT2D eigenvalue weighted by Crippen LogP contribution is 2.52. The molecule has 6 fully saturated rings. The van der Waals surface area contributed by atoms with Gasteiger partial charge in [0.1, 0.15) is 34.6 Å². The van der Waals surface area contributed by atoms with Crippen LogP contribution in [0.5, 0.6) is 0 Å². The number of ketones is 2. The second kappa shape index (κ2) is 23.3. The van der Waals surface area contributed by atoms with Gasteiger partial charge in [0.15, 0.2) is 5.79 Å². The van der Waals surface area contributed by atoms with Gasteiger partial charge in [-0.25, -0.2) is 10.0 Å². The average molecular weight is 956 g/mol. The number of piperidine rings is 5. The molecular formula is C54H85N9O6. The zero-order valence-corrected chi connectivity index (χ0v) is 43.2. The monoisotopic (exact) mass is 956 g/mol. The number of benzene rings is 2. The second-order valence-corrected chi connectivity index (χ2v) is 21.6. The lowest BCUT2D eigenvalue weighted by molar-refractivity contribution is -0.231. The largest absolute Gasteiger partial charge is 0.338 e. The Hall–Kier alpha value is -4.22. The second-order valence-electron chi connectivity index (χ2n) is 21.6. The molecule has 6 saturated heterocycles. The molecule has 0 aliphatic carbocycles. The first-order valence-corrected chi connectivity index (χ1v) is 24.8. The maximum atomic E-state index is 11.8. The van der Waals surface area contributed by atoms with Crippen molar-refractivity contribution in [3.8, 4) is 0 Å². The van der Waals surface area contributed by atoms with Gasteiger partial charge in [0.05, 0.1) is 11.4 Å². The van der Waals surface area contributed by atoms with Crippen molar-refractivity contribution < 1.29 is 28.7 Å². The lowest BCUT2D eigenvalue weighted by Crippen LogP contribution is -2.50. The summed E-state index contributed by atoms with van der Waals surface area (Å²) in [6, 6.07) is 21.0. The van der Waals surface area contributed by atoms with E-state index in [1.165, 1.54) is 21.1 Å². The van der Waals surface area contributed by atoms with E-state index in [4.69, 9.17) is 9.47 Å². The number of nitrogens with zero attached hydrogens (tertiary/aromatic N) is 8. The summed E-state index contributed by atoms with van der Waals surface area (Å²) >= 11 is 0. The summed E-state index contributed by atoms with van der Waals surface area (Å²) in [7, 11) is 11.8. The van der Waals surface area contributed by atoms with Crippen LogP contribution in [0, 0.1) is 28.1 Å². The lowest BCUT2D eigenvalue weighted by atomic mass is 9.80. The maximum absolute atomic E-state index is 11.8. The van der Waals surface area contributed by atoms with Gasteiger partial charge in [0.25, 0.3) is 11.8 Å². The predicted molar refractivity (Wildman–Crippen MR) is 275 cm³/mol. The molecule has 15 heteroatoms. The van der Waals surface area contributed by atoms with Crippen molar-refractivity contribution >= 4 is 34.8 Å². The smallest absolute Gasteiger partial charge is 0.255 e. The van der Waals surface area contributed by atoms with Gasteiger partial charge in [-0.2, -0.15) is 10.2 Å². The van der Waals surface area contributed by atoms with E-state index in [1.54, 1.807) is 14.1 Å². The lowest BCUT2D eigenvalue weighted by Gasteiger charge is -2.41. The third-order valence-corrected chi connectivity index (χ3v) is 15.1. The van der Waals surface area contributed by atoms with Crippen molar-refractivity contribution in [2.45, 2.75) is 99.1 Å². The van der Waals surface area contributed by atoms with E-state index in [0.717, 1.165) is 109 Å². The van der Waals surface area contributed by atoms with Gasteiger partial charge in [-0.3, -0.25) is 19.2 Å². The minimum Gasteiger partial charge on any atom is -0.338 e. The van der Waals surface area contributed by atoms with Gasteiger partial charge in [0, 0.05) is 129 Å². The number of hydrogen-bond acceptors (Lipinski definition) is 13. The summed E-state index contributed by atoms with van der Waals surface area (Å²) in [5, 5.41) is 14.7. The third-order valence-electron chi connectivity index (χ3n) is 15.1. The highest BCUT2D eigenvalue weighted by molar-refractivity contribution is 6.13.